The van der Waals surface area contributed by atoms with Gasteiger partial charge in [-0.05, 0) is 19.8 Å². The van der Waals surface area contributed by atoms with E-state index in [9.17, 15) is 4.79 Å². The quantitative estimate of drug-likeness (QED) is 0.641. The lowest BCUT2D eigenvalue weighted by molar-refractivity contribution is -0.147. The van der Waals surface area contributed by atoms with E-state index in [-0.39, 0.29) is 31.3 Å². The molecule has 0 aromatic carbocycles. The highest BCUT2D eigenvalue weighted by molar-refractivity contribution is 5.76. The minimum Gasteiger partial charge on any atom is -0.396 e. The first kappa shape index (κ1) is 13.4. The molecule has 1 rings (SSSR count). The Morgan fingerprint density at radius 2 is 2.12 bits per heavy atom. The number of aliphatic hydroxyl groups is 2. The highest BCUT2D eigenvalue weighted by Crippen LogP contribution is 2.12. The van der Waals surface area contributed by atoms with E-state index < -0.39 is 0 Å². The standard InChI is InChI=1S/C11H21NO4/c1-9-6-12(7-10(8-14)16-9)11(15)4-2-3-5-13/h9-10,13-14H,2-8H2,1H3. The first-order chi connectivity index (χ1) is 7.67. The van der Waals surface area contributed by atoms with E-state index in [1.165, 1.54) is 0 Å². The second-order valence-electron chi connectivity index (χ2n) is 4.23. The monoisotopic (exact) mass is 231 g/mol. The van der Waals surface area contributed by atoms with Gasteiger partial charge in [-0.2, -0.15) is 0 Å². The van der Waals surface area contributed by atoms with Gasteiger partial charge >= 0.3 is 0 Å². The van der Waals surface area contributed by atoms with Gasteiger partial charge in [0, 0.05) is 26.1 Å². The van der Waals surface area contributed by atoms with Crippen molar-refractivity contribution in [1.82, 2.24) is 4.90 Å². The molecule has 1 aliphatic rings. The van der Waals surface area contributed by atoms with Crippen LogP contribution in [0.3, 0.4) is 0 Å². The molecule has 1 heterocycles. The van der Waals surface area contributed by atoms with Gasteiger partial charge < -0.3 is 19.8 Å². The smallest absolute Gasteiger partial charge is 0.222 e. The average molecular weight is 231 g/mol. The Bertz CT molecular complexity index is 222. The summed E-state index contributed by atoms with van der Waals surface area (Å²) in [5.41, 5.74) is 0. The van der Waals surface area contributed by atoms with E-state index in [0.29, 0.717) is 32.4 Å². The van der Waals surface area contributed by atoms with Crippen molar-refractivity contribution < 1.29 is 19.7 Å². The SMILES string of the molecule is CC1CN(C(=O)CCCCO)CC(CO)O1. The molecule has 2 N–H and O–H groups in total. The van der Waals surface area contributed by atoms with Crippen molar-refractivity contribution in [2.24, 2.45) is 0 Å². The summed E-state index contributed by atoms with van der Waals surface area (Å²) in [6.45, 7) is 3.04. The molecule has 1 saturated heterocycles. The molecule has 0 aliphatic carbocycles. The summed E-state index contributed by atoms with van der Waals surface area (Å²) in [6.07, 6.45) is 1.56. The van der Waals surface area contributed by atoms with Gasteiger partial charge in [-0.25, -0.2) is 0 Å². The summed E-state index contributed by atoms with van der Waals surface area (Å²) >= 11 is 0. The van der Waals surface area contributed by atoms with Gasteiger partial charge in [-0.3, -0.25) is 4.79 Å². The van der Waals surface area contributed by atoms with Crippen LogP contribution >= 0.6 is 0 Å². The number of hydrogen-bond acceptors (Lipinski definition) is 4. The number of carbonyl (C=O) groups excluding carboxylic acids is 1. The maximum absolute atomic E-state index is 11.8. The van der Waals surface area contributed by atoms with Crippen LogP contribution < -0.4 is 0 Å². The zero-order valence-electron chi connectivity index (χ0n) is 9.76. The number of hydrogen-bond donors (Lipinski definition) is 2. The molecule has 94 valence electrons. The number of rotatable bonds is 5. The normalized spacial score (nSPS) is 25.8. The third-order valence-electron chi connectivity index (χ3n) is 2.68. The molecule has 1 amide bonds. The molecular formula is C11H21NO4. The van der Waals surface area contributed by atoms with Crippen molar-refractivity contribution in [3.05, 3.63) is 0 Å². The van der Waals surface area contributed by atoms with Crippen molar-refractivity contribution in [1.29, 1.82) is 0 Å². The Labute approximate surface area is 96.0 Å². The fraction of sp³-hybridized carbons (Fsp3) is 0.909. The molecule has 0 spiro atoms. The Balaban J connectivity index is 2.36. The Kier molecular flexibility index (Phi) is 5.73. The molecule has 2 atom stereocenters. The summed E-state index contributed by atoms with van der Waals surface area (Å²) in [5, 5.41) is 17.7. The lowest BCUT2D eigenvalue weighted by atomic mass is 10.1. The van der Waals surface area contributed by atoms with Crippen LogP contribution in [0.1, 0.15) is 26.2 Å². The van der Waals surface area contributed by atoms with Gasteiger partial charge in [-0.15, -0.1) is 0 Å². The molecule has 0 aromatic heterocycles. The molecule has 0 bridgehead atoms. The van der Waals surface area contributed by atoms with Gasteiger partial charge in [0.25, 0.3) is 0 Å². The average Bonchev–Trinajstić information content (AvgIpc) is 2.28. The van der Waals surface area contributed by atoms with Crippen LogP contribution in [-0.2, 0) is 9.53 Å². The van der Waals surface area contributed by atoms with E-state index in [0.717, 1.165) is 0 Å². The van der Waals surface area contributed by atoms with Crippen LogP contribution in [0, 0.1) is 0 Å². The predicted molar refractivity (Wildman–Crippen MR) is 58.9 cm³/mol. The summed E-state index contributed by atoms with van der Waals surface area (Å²) in [5.74, 6) is 0.0852. The van der Waals surface area contributed by atoms with Crippen LogP contribution in [0.25, 0.3) is 0 Å². The molecular weight excluding hydrogens is 210 g/mol. The fourth-order valence-electron chi connectivity index (χ4n) is 1.90. The lowest BCUT2D eigenvalue weighted by Gasteiger charge is -2.36. The van der Waals surface area contributed by atoms with Crippen LogP contribution in [0.15, 0.2) is 0 Å². The van der Waals surface area contributed by atoms with Crippen molar-refractivity contribution in [3.8, 4) is 0 Å². The zero-order valence-corrected chi connectivity index (χ0v) is 9.76. The number of unbranched alkanes of at least 4 members (excludes halogenated alkanes) is 1. The van der Waals surface area contributed by atoms with Gasteiger partial charge in [0.15, 0.2) is 0 Å². The summed E-state index contributed by atoms with van der Waals surface area (Å²) in [7, 11) is 0. The molecule has 2 unspecified atom stereocenters. The second kappa shape index (κ2) is 6.83. The molecule has 5 heteroatoms. The van der Waals surface area contributed by atoms with Crippen molar-refractivity contribution in [3.63, 3.8) is 0 Å². The van der Waals surface area contributed by atoms with E-state index in [1.807, 2.05) is 6.92 Å². The maximum Gasteiger partial charge on any atom is 0.222 e. The first-order valence-electron chi connectivity index (χ1n) is 5.82. The predicted octanol–water partition coefficient (Wildman–Crippen LogP) is -0.243. The fourth-order valence-corrected chi connectivity index (χ4v) is 1.90. The van der Waals surface area contributed by atoms with E-state index in [4.69, 9.17) is 14.9 Å². The number of carbonyl (C=O) groups is 1. The van der Waals surface area contributed by atoms with Gasteiger partial charge in [0.05, 0.1) is 18.8 Å². The third-order valence-corrected chi connectivity index (χ3v) is 2.68. The number of nitrogens with zero attached hydrogens (tertiary/aromatic N) is 1. The van der Waals surface area contributed by atoms with Gasteiger partial charge in [0.2, 0.25) is 5.91 Å². The van der Waals surface area contributed by atoms with Crippen molar-refractivity contribution in [2.45, 2.75) is 38.4 Å². The van der Waals surface area contributed by atoms with E-state index in [1.54, 1.807) is 4.90 Å². The van der Waals surface area contributed by atoms with Crippen LogP contribution in [0.4, 0.5) is 0 Å². The highest BCUT2D eigenvalue weighted by Gasteiger charge is 2.27. The first-order valence-corrected chi connectivity index (χ1v) is 5.82. The van der Waals surface area contributed by atoms with Gasteiger partial charge in [0.1, 0.15) is 0 Å². The maximum atomic E-state index is 11.8. The Morgan fingerprint density at radius 1 is 1.38 bits per heavy atom. The van der Waals surface area contributed by atoms with E-state index in [2.05, 4.69) is 0 Å². The summed E-state index contributed by atoms with van der Waals surface area (Å²) in [6, 6.07) is 0. The third kappa shape index (κ3) is 4.08. The molecule has 0 saturated carbocycles. The van der Waals surface area contributed by atoms with Crippen LogP contribution in [-0.4, -0.2) is 59.5 Å². The van der Waals surface area contributed by atoms with Crippen LogP contribution in [0.5, 0.6) is 0 Å². The molecule has 1 aliphatic heterocycles. The highest BCUT2D eigenvalue weighted by atomic mass is 16.5. The molecule has 5 nitrogen and oxygen atoms in total. The molecule has 1 fully saturated rings. The largest absolute Gasteiger partial charge is 0.396 e. The number of morpholine rings is 1. The Hall–Kier alpha value is -0.650. The Morgan fingerprint density at radius 3 is 2.75 bits per heavy atom. The number of amides is 1. The number of aliphatic hydroxyl groups excluding tert-OH is 2. The minimum atomic E-state index is -0.259. The molecule has 16 heavy (non-hydrogen) atoms. The summed E-state index contributed by atoms with van der Waals surface area (Å²) in [4.78, 5) is 13.5. The number of ether oxygens (including phenoxy) is 1. The molecule has 0 aromatic rings. The van der Waals surface area contributed by atoms with Crippen LogP contribution in [0.2, 0.25) is 0 Å². The zero-order chi connectivity index (χ0) is 12.0. The minimum absolute atomic E-state index is 0.0207. The molecule has 0 radical (unpaired) electrons. The van der Waals surface area contributed by atoms with Crippen molar-refractivity contribution >= 4 is 5.91 Å². The van der Waals surface area contributed by atoms with E-state index >= 15 is 0 Å². The lowest BCUT2D eigenvalue weighted by Crippen LogP contribution is -2.50. The topological polar surface area (TPSA) is 70.0 Å². The van der Waals surface area contributed by atoms with Gasteiger partial charge in [-0.1, -0.05) is 0 Å². The second-order valence-corrected chi connectivity index (χ2v) is 4.23. The summed E-state index contributed by atoms with van der Waals surface area (Å²) < 4.78 is 5.46. The van der Waals surface area contributed by atoms with Crippen molar-refractivity contribution in [2.75, 3.05) is 26.3 Å².